The molecule has 304 valence electrons. The predicted octanol–water partition coefficient (Wildman–Crippen LogP) is 8.18. The summed E-state index contributed by atoms with van der Waals surface area (Å²) in [6, 6.07) is 16.4. The Morgan fingerprint density at radius 1 is 0.966 bits per heavy atom. The molecule has 1 fully saturated rings. The number of benzene rings is 3. The molecule has 0 saturated heterocycles. The molecule has 1 aliphatic heterocycles. The van der Waals surface area contributed by atoms with E-state index < -0.39 is 18.2 Å². The van der Waals surface area contributed by atoms with Gasteiger partial charge in [0.2, 0.25) is 0 Å². The number of nitrogens with one attached hydrogen (secondary N) is 1. The Balaban J connectivity index is 1.28. The number of H-pyrrole nitrogens is 1. The molecule has 8 N–H and O–H groups in total. The summed E-state index contributed by atoms with van der Waals surface area (Å²) in [6.45, 7) is 2.40. The van der Waals surface area contributed by atoms with Gasteiger partial charge in [0, 0.05) is 65.3 Å². The molecule has 0 radical (unpaired) electrons. The van der Waals surface area contributed by atoms with Gasteiger partial charge in [0.05, 0.1) is 25.3 Å². The highest BCUT2D eigenvalue weighted by Gasteiger charge is 2.42. The molecule has 9 nitrogen and oxygen atoms in total. The monoisotopic (exact) mass is 819 g/mol. The van der Waals surface area contributed by atoms with Gasteiger partial charge in [-0.3, -0.25) is 9.59 Å². The number of aromatic hydroxyl groups is 2. The minimum Gasteiger partial charge on any atom is -0.508 e. The van der Waals surface area contributed by atoms with Crippen LogP contribution in [0.3, 0.4) is 0 Å². The predicted molar refractivity (Wildman–Crippen MR) is 232 cm³/mol. The Morgan fingerprint density at radius 2 is 1.78 bits per heavy atom. The van der Waals surface area contributed by atoms with Gasteiger partial charge in [0.15, 0.2) is 23.1 Å². The van der Waals surface area contributed by atoms with Crippen LogP contribution in [0.1, 0.15) is 119 Å². The van der Waals surface area contributed by atoms with Gasteiger partial charge in [0.1, 0.15) is 5.75 Å². The maximum Gasteiger partial charge on any atom is 0.165 e. The summed E-state index contributed by atoms with van der Waals surface area (Å²) in [5.74, 6) is 7.85. The smallest absolute Gasteiger partial charge is 0.165 e. The van der Waals surface area contributed by atoms with E-state index in [1.165, 1.54) is 0 Å². The second-order valence-electron chi connectivity index (χ2n) is 16.0. The lowest BCUT2D eigenvalue weighted by atomic mass is 9.79. The molecule has 1 aromatic heterocycles. The molecule has 2 heterocycles. The first-order chi connectivity index (χ1) is 28.0. The zero-order valence-corrected chi connectivity index (χ0v) is 34.6. The number of aryl methyl sites for hydroxylation is 1. The molecule has 4 unspecified atom stereocenters. The van der Waals surface area contributed by atoms with Crippen molar-refractivity contribution in [2.75, 3.05) is 12.4 Å². The minimum absolute atomic E-state index is 0.0106. The van der Waals surface area contributed by atoms with E-state index in [1.54, 1.807) is 58.1 Å². The molecule has 4 aromatic rings. The molecule has 0 spiro atoms. The van der Waals surface area contributed by atoms with Gasteiger partial charge >= 0.3 is 0 Å². The maximum atomic E-state index is 14.1. The average molecular weight is 820 g/mol. The first-order valence-corrected chi connectivity index (χ1v) is 22.8. The third kappa shape index (κ3) is 9.70. The summed E-state index contributed by atoms with van der Waals surface area (Å²) in [7, 11) is 3.39. The number of phenolic OH excluding ortho intramolecular Hbond substituents is 2. The van der Waals surface area contributed by atoms with E-state index in [9.17, 15) is 24.9 Å². The van der Waals surface area contributed by atoms with Gasteiger partial charge in [-0.05, 0) is 101 Å². The molecule has 58 heavy (non-hydrogen) atoms. The number of hydrogen-bond donors (Lipinski definition) is 6. The van der Waals surface area contributed by atoms with E-state index in [0.717, 1.165) is 64.9 Å². The minimum atomic E-state index is -0.767. The molecule has 4 atom stereocenters. The number of aliphatic hydroxyl groups is 1. The van der Waals surface area contributed by atoms with Crippen LogP contribution >= 0.6 is 21.6 Å². The number of nitrogens with two attached hydrogens (primary N) is 2. The number of carbonyl (C=O) groups excluding carboxylic acids is 2. The Labute approximate surface area is 348 Å². The van der Waals surface area contributed by atoms with Crippen LogP contribution in [0.25, 0.3) is 0 Å². The second-order valence-corrected chi connectivity index (χ2v) is 18.5. The van der Waals surface area contributed by atoms with Crippen LogP contribution in [0, 0.1) is 23.2 Å². The van der Waals surface area contributed by atoms with Crippen LogP contribution in [-0.2, 0) is 29.8 Å². The summed E-state index contributed by atoms with van der Waals surface area (Å²) in [4.78, 5) is 30.5. The number of aromatic amines is 1. The molecule has 2 aliphatic carbocycles. The van der Waals surface area contributed by atoms with E-state index in [0.29, 0.717) is 60.3 Å². The average Bonchev–Trinajstić information content (AvgIpc) is 3.81. The van der Waals surface area contributed by atoms with Crippen molar-refractivity contribution in [2.45, 2.75) is 95.1 Å². The normalized spacial score (nSPS) is 22.9. The number of carbonyl (C=O) groups is 2. The fraction of sp³-hybridized carbons (Fsp3) is 0.404. The molecule has 0 amide bonds. The number of rotatable bonds is 4. The van der Waals surface area contributed by atoms with Crippen molar-refractivity contribution < 1.29 is 29.6 Å². The van der Waals surface area contributed by atoms with Gasteiger partial charge in [0.25, 0.3) is 0 Å². The molecule has 7 rings (SSSR count). The van der Waals surface area contributed by atoms with Crippen LogP contribution < -0.4 is 16.2 Å². The molecule has 1 saturated carbocycles. The number of phenols is 2. The lowest BCUT2D eigenvalue weighted by Gasteiger charge is -2.25. The first kappa shape index (κ1) is 41.7. The van der Waals surface area contributed by atoms with Crippen LogP contribution in [0.4, 0.5) is 0 Å². The highest BCUT2D eigenvalue weighted by Crippen LogP contribution is 2.49. The quantitative estimate of drug-likeness (QED) is 0.0670. The van der Waals surface area contributed by atoms with E-state index in [1.807, 2.05) is 24.3 Å². The van der Waals surface area contributed by atoms with Gasteiger partial charge in [-0.2, -0.15) is 0 Å². The van der Waals surface area contributed by atoms with Crippen molar-refractivity contribution in [1.82, 2.24) is 4.98 Å². The van der Waals surface area contributed by atoms with E-state index in [2.05, 4.69) is 35.9 Å². The topological polar surface area (TPSA) is 172 Å². The standard InChI is InChI=1S/C47H53N3O6S2/c1-2-3-16-47-17-13-34(51)10-7-29-9-12-42(53)45(21-29)56-19-15-30-8-11-41(52)39(20-30)38-24-43(54)35-14-18-50-40(35)6-4-5-31-22-37(46(48)49)32(23-36(31)38)27-57-58-28-33(25-47)44(55)26-47/h8-9,11-14,17-18,20-23,33,38,44,46,50,52-53,55H,2-3,6-7,10,15-16,19,24-28,48-49H2,1H3. The number of ether oxygens (including phenoxy) is 1. The van der Waals surface area contributed by atoms with E-state index in [4.69, 9.17) is 16.2 Å². The Kier molecular flexibility index (Phi) is 13.4. The Bertz CT molecular complexity index is 2240. The van der Waals surface area contributed by atoms with Gasteiger partial charge < -0.3 is 36.5 Å². The van der Waals surface area contributed by atoms with Crippen molar-refractivity contribution in [3.05, 3.63) is 123 Å². The zero-order chi connectivity index (χ0) is 40.8. The molecular formula is C47H53N3O6S2. The number of allylic oxidation sites excluding steroid dienone is 2. The van der Waals surface area contributed by atoms with Crippen molar-refractivity contribution >= 4 is 33.2 Å². The highest BCUT2D eigenvalue weighted by molar-refractivity contribution is 8.76. The Hall–Kier alpha value is -4.44. The molecule has 8 bridgehead atoms. The van der Waals surface area contributed by atoms with Crippen LogP contribution in [0.2, 0.25) is 0 Å². The highest BCUT2D eigenvalue weighted by atomic mass is 33.1. The summed E-state index contributed by atoms with van der Waals surface area (Å²) in [5.41, 5.74) is 19.5. The Morgan fingerprint density at radius 3 is 2.59 bits per heavy atom. The number of hydrogen-bond acceptors (Lipinski definition) is 10. The molecular weight excluding hydrogens is 767 g/mol. The summed E-state index contributed by atoms with van der Waals surface area (Å²) in [6.07, 6.45) is 10.5. The van der Waals surface area contributed by atoms with Gasteiger partial charge in [-0.1, -0.05) is 83.5 Å². The van der Waals surface area contributed by atoms with Gasteiger partial charge in [-0.15, -0.1) is 0 Å². The molecule has 3 aromatic carbocycles. The SMILES string of the molecule is CCCCC12C=CC(=O)CCc3ccc(O)c(c3)OCCc3ccc(O)c(c3)C3CC(=O)c4cc[nH]c4CC#Cc4cc(C(N)N)c(cc43)CSSCC(C1)C(O)C2. The van der Waals surface area contributed by atoms with Crippen molar-refractivity contribution in [2.24, 2.45) is 22.8 Å². The van der Waals surface area contributed by atoms with Gasteiger partial charge in [-0.25, -0.2) is 0 Å². The largest absolute Gasteiger partial charge is 0.508 e. The van der Waals surface area contributed by atoms with E-state index >= 15 is 0 Å². The lowest BCUT2D eigenvalue weighted by molar-refractivity contribution is -0.114. The van der Waals surface area contributed by atoms with Crippen LogP contribution in [-0.4, -0.2) is 50.3 Å². The second kappa shape index (κ2) is 18.6. The third-order valence-corrected chi connectivity index (χ3v) is 14.3. The third-order valence-electron chi connectivity index (χ3n) is 11.9. The number of fused-ring (bicyclic) bond motifs is 9. The fourth-order valence-corrected chi connectivity index (χ4v) is 11.2. The van der Waals surface area contributed by atoms with Crippen LogP contribution in [0.5, 0.6) is 17.2 Å². The zero-order valence-electron chi connectivity index (χ0n) is 33.0. The van der Waals surface area contributed by atoms with Crippen molar-refractivity contribution in [3.8, 4) is 29.1 Å². The fourth-order valence-electron chi connectivity index (χ4n) is 8.69. The maximum absolute atomic E-state index is 14.1. The number of aliphatic hydroxyl groups excluding tert-OH is 1. The number of Topliss-reactive ketones (excluding diaryl/α,β-unsaturated/α-hetero) is 1. The number of aromatic nitrogens is 1. The summed E-state index contributed by atoms with van der Waals surface area (Å²) < 4.78 is 6.11. The molecule has 11 heteroatoms. The molecule has 3 aliphatic rings. The van der Waals surface area contributed by atoms with Crippen molar-refractivity contribution in [3.63, 3.8) is 0 Å². The number of ketones is 2. The summed E-state index contributed by atoms with van der Waals surface area (Å²) >= 11 is 0. The van der Waals surface area contributed by atoms with Crippen molar-refractivity contribution in [1.29, 1.82) is 0 Å². The lowest BCUT2D eigenvalue weighted by Crippen LogP contribution is -2.22. The first-order valence-electron chi connectivity index (χ1n) is 20.3. The van der Waals surface area contributed by atoms with Crippen LogP contribution in [0.15, 0.2) is 72.9 Å². The van der Waals surface area contributed by atoms with E-state index in [-0.39, 0.29) is 47.4 Å². The summed E-state index contributed by atoms with van der Waals surface area (Å²) in [5, 5.41) is 33.5. The number of unbranched alkanes of at least 4 members (excludes halogenated alkanes) is 1.